The molecule has 0 bridgehead atoms. The van der Waals surface area contributed by atoms with Crippen LogP contribution in [0.1, 0.15) is 66.3 Å². The minimum Gasteiger partial charge on any atom is -0.493 e. The Balaban J connectivity index is 1.35. The zero-order valence-electron chi connectivity index (χ0n) is 26.7. The van der Waals surface area contributed by atoms with E-state index < -0.39 is 17.8 Å². The quantitative estimate of drug-likeness (QED) is 0.175. The van der Waals surface area contributed by atoms with E-state index >= 15 is 0 Å². The molecule has 0 radical (unpaired) electrons. The SMILES string of the molecule is COc1cc(/C=C2\C(=O)NC(=O)N(c3cc4c5c(c3)[C@H](c3ccccc3)CCN5CC[C@@H]4c3ccccc3)C2=O)ccc1OC(C)C. The van der Waals surface area contributed by atoms with E-state index in [1.165, 1.54) is 30.0 Å². The van der Waals surface area contributed by atoms with Crippen LogP contribution < -0.4 is 24.6 Å². The van der Waals surface area contributed by atoms with Gasteiger partial charge < -0.3 is 14.4 Å². The number of amides is 4. The highest BCUT2D eigenvalue weighted by molar-refractivity contribution is 6.39. The molecule has 1 fully saturated rings. The predicted molar refractivity (Wildman–Crippen MR) is 182 cm³/mol. The smallest absolute Gasteiger partial charge is 0.335 e. The van der Waals surface area contributed by atoms with Crippen LogP contribution in [0.2, 0.25) is 0 Å². The monoisotopic (exact) mass is 627 g/mol. The second kappa shape index (κ2) is 12.4. The van der Waals surface area contributed by atoms with Crippen LogP contribution in [-0.4, -0.2) is 44.1 Å². The van der Waals surface area contributed by atoms with Gasteiger partial charge in [0.25, 0.3) is 11.8 Å². The van der Waals surface area contributed by atoms with Crippen molar-refractivity contribution < 1.29 is 23.9 Å². The van der Waals surface area contributed by atoms with Crippen molar-refractivity contribution >= 4 is 35.3 Å². The molecule has 3 heterocycles. The van der Waals surface area contributed by atoms with Gasteiger partial charge in [-0.15, -0.1) is 0 Å². The summed E-state index contributed by atoms with van der Waals surface area (Å²) >= 11 is 0. The number of hydrogen-bond acceptors (Lipinski definition) is 6. The number of barbiturate groups is 1. The maximum Gasteiger partial charge on any atom is 0.335 e. The summed E-state index contributed by atoms with van der Waals surface area (Å²) in [7, 11) is 1.54. The Labute approximate surface area is 274 Å². The maximum absolute atomic E-state index is 14.2. The minimum absolute atomic E-state index is 0.0599. The molecule has 8 nitrogen and oxygen atoms in total. The zero-order valence-corrected chi connectivity index (χ0v) is 26.7. The molecule has 2 atom stereocenters. The van der Waals surface area contributed by atoms with Gasteiger partial charge in [-0.05, 0) is 84.8 Å². The van der Waals surface area contributed by atoms with Gasteiger partial charge in [0, 0.05) is 30.6 Å². The van der Waals surface area contributed by atoms with E-state index in [9.17, 15) is 14.4 Å². The highest BCUT2D eigenvalue weighted by Gasteiger charge is 2.40. The van der Waals surface area contributed by atoms with Gasteiger partial charge in [0.05, 0.1) is 18.9 Å². The van der Waals surface area contributed by atoms with Gasteiger partial charge in [0.15, 0.2) is 11.5 Å². The van der Waals surface area contributed by atoms with Crippen LogP contribution in [0.5, 0.6) is 11.5 Å². The first-order chi connectivity index (χ1) is 22.8. The molecule has 0 aromatic heterocycles. The highest BCUT2D eigenvalue weighted by atomic mass is 16.5. The summed E-state index contributed by atoms with van der Waals surface area (Å²) in [4.78, 5) is 44.4. The molecular formula is C39H37N3O5. The Morgan fingerprint density at radius 2 is 1.38 bits per heavy atom. The summed E-state index contributed by atoms with van der Waals surface area (Å²) in [5.74, 6) is -0.208. The van der Waals surface area contributed by atoms with Crippen LogP contribution in [0, 0.1) is 0 Å². The first-order valence-electron chi connectivity index (χ1n) is 16.1. The molecule has 238 valence electrons. The lowest BCUT2D eigenvalue weighted by Gasteiger charge is -2.44. The minimum atomic E-state index is -0.765. The van der Waals surface area contributed by atoms with Gasteiger partial charge >= 0.3 is 6.03 Å². The molecule has 4 amide bonds. The maximum atomic E-state index is 14.2. The van der Waals surface area contributed by atoms with Crippen molar-refractivity contribution in [3.63, 3.8) is 0 Å². The number of urea groups is 1. The third-order valence-electron chi connectivity index (χ3n) is 9.22. The van der Waals surface area contributed by atoms with E-state index in [4.69, 9.17) is 9.47 Å². The molecule has 4 aromatic rings. The summed E-state index contributed by atoms with van der Waals surface area (Å²) in [5.41, 5.74) is 6.61. The van der Waals surface area contributed by atoms with E-state index in [1.54, 1.807) is 18.2 Å². The summed E-state index contributed by atoms with van der Waals surface area (Å²) in [5, 5.41) is 2.41. The number of carbonyl (C=O) groups excluding carboxylic acids is 3. The average molecular weight is 628 g/mol. The molecule has 1 saturated heterocycles. The number of carbonyl (C=O) groups is 3. The second-order valence-corrected chi connectivity index (χ2v) is 12.5. The summed E-state index contributed by atoms with van der Waals surface area (Å²) in [6, 6.07) is 29.2. The van der Waals surface area contributed by atoms with Crippen LogP contribution in [0.25, 0.3) is 6.08 Å². The fourth-order valence-corrected chi connectivity index (χ4v) is 7.15. The molecule has 3 aliphatic rings. The van der Waals surface area contributed by atoms with E-state index in [0.717, 1.165) is 42.0 Å². The first kappa shape index (κ1) is 30.3. The van der Waals surface area contributed by atoms with Crippen molar-refractivity contribution in [2.24, 2.45) is 0 Å². The normalized spacial score (nSPS) is 19.9. The van der Waals surface area contributed by atoms with Crippen molar-refractivity contribution in [2.45, 2.75) is 44.6 Å². The standard InChI is InChI=1S/C39H37N3O5/c1-24(2)47-34-15-14-25(21-35(34)46-3)20-33-37(43)40-39(45)42(38(33)44)28-22-31-29(26-10-6-4-7-11-26)16-18-41-19-17-30(32(23-28)36(31)41)27-12-8-5-9-13-27/h4-15,20-24,29-30H,16-19H2,1-3H3,(H,40,43,45)/b33-20+/t29-,30+. The highest BCUT2D eigenvalue weighted by Crippen LogP contribution is 2.50. The Hall–Kier alpha value is -5.37. The Kier molecular flexibility index (Phi) is 8.02. The number of methoxy groups -OCH3 is 1. The van der Waals surface area contributed by atoms with Crippen LogP contribution in [0.3, 0.4) is 0 Å². The van der Waals surface area contributed by atoms with Gasteiger partial charge in [-0.2, -0.15) is 0 Å². The number of anilines is 2. The fraction of sp³-hybridized carbons (Fsp3) is 0.256. The van der Waals surface area contributed by atoms with Gasteiger partial charge in [-0.1, -0.05) is 66.7 Å². The largest absolute Gasteiger partial charge is 0.493 e. The second-order valence-electron chi connectivity index (χ2n) is 12.5. The van der Waals surface area contributed by atoms with Gasteiger partial charge in [-0.3, -0.25) is 14.9 Å². The average Bonchev–Trinajstić information content (AvgIpc) is 3.08. The Bertz CT molecular complexity index is 1810. The predicted octanol–water partition coefficient (Wildman–Crippen LogP) is 7.03. The van der Waals surface area contributed by atoms with E-state index in [1.807, 2.05) is 62.4 Å². The molecule has 0 saturated carbocycles. The summed E-state index contributed by atoms with van der Waals surface area (Å²) in [6.45, 7) is 5.69. The number of imide groups is 2. The number of nitrogens with one attached hydrogen (secondary N) is 1. The number of ether oxygens (including phenoxy) is 2. The molecule has 1 N–H and O–H groups in total. The molecule has 4 aromatic carbocycles. The number of benzene rings is 4. The van der Waals surface area contributed by atoms with Gasteiger partial charge in [0.1, 0.15) is 5.57 Å². The molecule has 0 unspecified atom stereocenters. The number of rotatable bonds is 7. The van der Waals surface area contributed by atoms with Gasteiger partial charge in [-0.25, -0.2) is 9.69 Å². The van der Waals surface area contributed by atoms with Crippen molar-refractivity contribution in [1.29, 1.82) is 0 Å². The Morgan fingerprint density at radius 3 is 1.94 bits per heavy atom. The molecular weight excluding hydrogens is 590 g/mol. The molecule has 47 heavy (non-hydrogen) atoms. The number of nitrogens with zero attached hydrogens (tertiary/aromatic N) is 2. The third kappa shape index (κ3) is 5.65. The van der Waals surface area contributed by atoms with Crippen molar-refractivity contribution in [3.05, 3.63) is 124 Å². The van der Waals surface area contributed by atoms with Crippen LogP contribution in [-0.2, 0) is 9.59 Å². The lowest BCUT2D eigenvalue weighted by Crippen LogP contribution is -2.54. The molecule has 0 spiro atoms. The Morgan fingerprint density at radius 1 is 0.787 bits per heavy atom. The summed E-state index contributed by atoms with van der Waals surface area (Å²) in [6.07, 6.45) is 3.26. The molecule has 0 aliphatic carbocycles. The van der Waals surface area contributed by atoms with Crippen molar-refractivity contribution in [2.75, 3.05) is 30.0 Å². The molecule has 3 aliphatic heterocycles. The van der Waals surface area contributed by atoms with Crippen LogP contribution in [0.15, 0.2) is 96.6 Å². The lowest BCUT2D eigenvalue weighted by molar-refractivity contribution is -0.122. The number of hydrogen-bond donors (Lipinski definition) is 1. The topological polar surface area (TPSA) is 88.2 Å². The third-order valence-corrected chi connectivity index (χ3v) is 9.22. The van der Waals surface area contributed by atoms with Crippen molar-refractivity contribution in [1.82, 2.24) is 5.32 Å². The lowest BCUT2D eigenvalue weighted by atomic mass is 9.76. The van der Waals surface area contributed by atoms with E-state index in [-0.39, 0.29) is 23.5 Å². The summed E-state index contributed by atoms with van der Waals surface area (Å²) < 4.78 is 11.3. The van der Waals surface area contributed by atoms with Crippen molar-refractivity contribution in [3.8, 4) is 11.5 Å². The van der Waals surface area contributed by atoms with E-state index in [0.29, 0.717) is 22.7 Å². The fourth-order valence-electron chi connectivity index (χ4n) is 7.15. The van der Waals surface area contributed by atoms with Gasteiger partial charge in [0.2, 0.25) is 0 Å². The molecule has 7 rings (SSSR count). The van der Waals surface area contributed by atoms with E-state index in [2.05, 4.69) is 34.5 Å². The van der Waals surface area contributed by atoms with Crippen LogP contribution in [0.4, 0.5) is 16.2 Å². The molecule has 8 heteroatoms. The van der Waals surface area contributed by atoms with Crippen LogP contribution >= 0.6 is 0 Å². The first-order valence-corrected chi connectivity index (χ1v) is 16.1. The zero-order chi connectivity index (χ0) is 32.7.